The Morgan fingerprint density at radius 3 is 2.18 bits per heavy atom. The van der Waals surface area contributed by atoms with E-state index in [2.05, 4.69) is 0 Å². The van der Waals surface area contributed by atoms with Crippen molar-refractivity contribution in [3.8, 4) is 0 Å². The molecule has 0 aliphatic carbocycles. The van der Waals surface area contributed by atoms with Crippen molar-refractivity contribution in [3.63, 3.8) is 0 Å². The summed E-state index contributed by atoms with van der Waals surface area (Å²) in [4.78, 5) is 0. The molecule has 1 saturated heterocycles. The summed E-state index contributed by atoms with van der Waals surface area (Å²) in [6.45, 7) is 9.35. The van der Waals surface area contributed by atoms with Gasteiger partial charge >= 0.3 is 0 Å². The summed E-state index contributed by atoms with van der Waals surface area (Å²) < 4.78 is 5.20. The first-order valence-corrected chi connectivity index (χ1v) is 4.29. The molecule has 1 heterocycles. The number of hydrogen-bond acceptors (Lipinski definition) is 3. The second-order valence-corrected chi connectivity index (χ2v) is 2.67. The van der Waals surface area contributed by atoms with E-state index in [-0.39, 0.29) is 6.23 Å². The van der Waals surface area contributed by atoms with Gasteiger partial charge in [-0.1, -0.05) is 27.7 Å². The summed E-state index contributed by atoms with van der Waals surface area (Å²) in [6.07, 6.45) is -0.0787. The first-order valence-electron chi connectivity index (χ1n) is 4.29. The molecule has 1 atom stereocenters. The van der Waals surface area contributed by atoms with E-state index in [0.29, 0.717) is 19.1 Å². The smallest absolute Gasteiger partial charge is 0.135 e. The molecule has 1 unspecified atom stereocenters. The van der Waals surface area contributed by atoms with Gasteiger partial charge in [0.05, 0.1) is 13.2 Å². The Kier molecular flexibility index (Phi) is 5.46. The van der Waals surface area contributed by atoms with Gasteiger partial charge in [0.15, 0.2) is 0 Å². The van der Waals surface area contributed by atoms with Crippen LogP contribution in [0.25, 0.3) is 0 Å². The summed E-state index contributed by atoms with van der Waals surface area (Å²) in [5, 5.41) is 10.3. The Labute approximate surface area is 68.9 Å². The second-order valence-electron chi connectivity index (χ2n) is 2.67. The molecule has 3 nitrogen and oxygen atoms in total. The lowest BCUT2D eigenvalue weighted by Crippen LogP contribution is -2.31. The zero-order valence-electron chi connectivity index (χ0n) is 7.87. The minimum atomic E-state index is -0.0787. The molecule has 1 aliphatic rings. The van der Waals surface area contributed by atoms with Crippen LogP contribution in [0.2, 0.25) is 0 Å². The lowest BCUT2D eigenvalue weighted by molar-refractivity contribution is -0.169. The first kappa shape index (κ1) is 10.9. The van der Waals surface area contributed by atoms with Crippen molar-refractivity contribution in [2.24, 2.45) is 5.92 Å². The third-order valence-electron chi connectivity index (χ3n) is 1.47. The summed E-state index contributed by atoms with van der Waals surface area (Å²) in [5.41, 5.74) is 0. The van der Waals surface area contributed by atoms with Crippen LogP contribution in [-0.4, -0.2) is 29.7 Å². The zero-order valence-corrected chi connectivity index (χ0v) is 7.87. The summed E-state index contributed by atoms with van der Waals surface area (Å²) in [5.74, 6) is 0.373. The number of nitrogens with zero attached hydrogens (tertiary/aromatic N) is 1. The maximum Gasteiger partial charge on any atom is 0.135 e. The molecular weight excluding hydrogens is 142 g/mol. The van der Waals surface area contributed by atoms with Crippen LogP contribution in [0.4, 0.5) is 0 Å². The van der Waals surface area contributed by atoms with Crippen LogP contribution in [0.5, 0.6) is 0 Å². The monoisotopic (exact) mass is 161 g/mol. The molecule has 0 spiro atoms. The quantitative estimate of drug-likeness (QED) is 0.635. The minimum Gasteiger partial charge on any atom is -0.359 e. The molecule has 0 aromatic rings. The van der Waals surface area contributed by atoms with Gasteiger partial charge < -0.3 is 9.94 Å². The maximum atomic E-state index is 9.07. The molecule has 1 rings (SSSR count). The van der Waals surface area contributed by atoms with Crippen LogP contribution in [0.1, 0.15) is 27.7 Å². The Hall–Kier alpha value is -0.120. The zero-order chi connectivity index (χ0) is 8.85. The van der Waals surface area contributed by atoms with Gasteiger partial charge in [0.2, 0.25) is 0 Å². The molecule has 3 heteroatoms. The molecule has 0 aromatic carbocycles. The van der Waals surface area contributed by atoms with Crippen molar-refractivity contribution in [2.45, 2.75) is 33.9 Å². The normalized spacial score (nSPS) is 25.1. The van der Waals surface area contributed by atoms with Crippen molar-refractivity contribution < 1.29 is 9.94 Å². The first-order chi connectivity index (χ1) is 5.22. The van der Waals surface area contributed by atoms with E-state index < -0.39 is 0 Å². The minimum absolute atomic E-state index is 0.0787. The fourth-order valence-corrected chi connectivity index (χ4v) is 1.02. The fourth-order valence-electron chi connectivity index (χ4n) is 1.02. The van der Waals surface area contributed by atoms with Crippen LogP contribution in [0.3, 0.4) is 0 Å². The van der Waals surface area contributed by atoms with E-state index in [0.717, 1.165) is 0 Å². The number of rotatable bonds is 1. The van der Waals surface area contributed by atoms with Gasteiger partial charge in [0.1, 0.15) is 6.23 Å². The summed E-state index contributed by atoms with van der Waals surface area (Å²) in [6, 6.07) is 0. The average Bonchev–Trinajstić information content (AvgIpc) is 2.39. The van der Waals surface area contributed by atoms with E-state index in [1.807, 2.05) is 27.7 Å². The van der Waals surface area contributed by atoms with Crippen LogP contribution in [0.15, 0.2) is 0 Å². The molecule has 1 aliphatic heterocycles. The van der Waals surface area contributed by atoms with Crippen molar-refractivity contribution in [1.82, 2.24) is 5.06 Å². The van der Waals surface area contributed by atoms with E-state index in [1.165, 1.54) is 5.06 Å². The molecule has 0 bridgehead atoms. The molecule has 0 aromatic heterocycles. The predicted molar refractivity (Wildman–Crippen MR) is 44.4 cm³/mol. The second kappa shape index (κ2) is 5.52. The lowest BCUT2D eigenvalue weighted by atomic mass is 10.2. The van der Waals surface area contributed by atoms with Gasteiger partial charge in [-0.15, -0.1) is 0 Å². The van der Waals surface area contributed by atoms with Gasteiger partial charge in [-0.3, -0.25) is 0 Å². The van der Waals surface area contributed by atoms with Crippen LogP contribution < -0.4 is 0 Å². The van der Waals surface area contributed by atoms with Crippen molar-refractivity contribution in [2.75, 3.05) is 13.2 Å². The Balaban J connectivity index is 0.000000461. The van der Waals surface area contributed by atoms with Gasteiger partial charge in [-0.05, 0) is 5.92 Å². The predicted octanol–water partition coefficient (Wildman–Crippen LogP) is 1.72. The summed E-state index contributed by atoms with van der Waals surface area (Å²) in [7, 11) is 0. The topological polar surface area (TPSA) is 32.7 Å². The van der Waals surface area contributed by atoms with Crippen LogP contribution in [-0.2, 0) is 4.74 Å². The highest BCUT2D eigenvalue weighted by atomic mass is 16.6. The number of ether oxygens (including phenoxy) is 1. The summed E-state index contributed by atoms with van der Waals surface area (Å²) >= 11 is 0. The van der Waals surface area contributed by atoms with E-state index in [9.17, 15) is 0 Å². The number of hydrogen-bond donors (Lipinski definition) is 1. The van der Waals surface area contributed by atoms with Crippen LogP contribution >= 0.6 is 0 Å². The molecule has 0 amide bonds. The standard InChI is InChI=1S/C6H13NO2.C2H6/c1-5(2)6-7(8)3-4-9-6;1-2/h5-6,8H,3-4H2,1-2H3;1-2H3. The van der Waals surface area contributed by atoms with Gasteiger partial charge in [0, 0.05) is 0 Å². The van der Waals surface area contributed by atoms with E-state index in [1.54, 1.807) is 0 Å². The molecular formula is C8H19NO2. The van der Waals surface area contributed by atoms with Gasteiger partial charge in [-0.2, -0.15) is 5.06 Å². The third-order valence-corrected chi connectivity index (χ3v) is 1.47. The van der Waals surface area contributed by atoms with E-state index >= 15 is 0 Å². The van der Waals surface area contributed by atoms with Crippen molar-refractivity contribution in [3.05, 3.63) is 0 Å². The maximum absolute atomic E-state index is 9.07. The Morgan fingerprint density at radius 1 is 1.45 bits per heavy atom. The Bertz CT molecular complexity index is 96.1. The van der Waals surface area contributed by atoms with Crippen molar-refractivity contribution >= 4 is 0 Å². The highest BCUT2D eigenvalue weighted by Gasteiger charge is 2.25. The lowest BCUT2D eigenvalue weighted by Gasteiger charge is -2.19. The molecule has 1 N–H and O–H groups in total. The van der Waals surface area contributed by atoms with Crippen LogP contribution in [0, 0.1) is 5.92 Å². The largest absolute Gasteiger partial charge is 0.359 e. The average molecular weight is 161 g/mol. The molecule has 11 heavy (non-hydrogen) atoms. The SMILES string of the molecule is CC.CC(C)C1OCCN1O. The highest BCUT2D eigenvalue weighted by molar-refractivity contribution is 4.64. The van der Waals surface area contributed by atoms with Gasteiger partial charge in [-0.25, -0.2) is 0 Å². The van der Waals surface area contributed by atoms with Crippen molar-refractivity contribution in [1.29, 1.82) is 0 Å². The molecule has 0 saturated carbocycles. The fraction of sp³-hybridized carbons (Fsp3) is 1.00. The number of hydroxylamine groups is 2. The molecule has 68 valence electrons. The molecule has 0 radical (unpaired) electrons. The van der Waals surface area contributed by atoms with Gasteiger partial charge in [0.25, 0.3) is 0 Å². The molecule has 1 fully saturated rings. The van der Waals surface area contributed by atoms with E-state index in [4.69, 9.17) is 9.94 Å². The Morgan fingerprint density at radius 2 is 2.00 bits per heavy atom. The highest BCUT2D eigenvalue weighted by Crippen LogP contribution is 2.14. The third kappa shape index (κ3) is 3.18.